The molecular formula is C63H90BrClN36O9S3. The van der Waals surface area contributed by atoms with Crippen molar-refractivity contribution in [2.45, 2.75) is 214 Å². The summed E-state index contributed by atoms with van der Waals surface area (Å²) < 4.78 is 12.7. The highest BCUT2D eigenvalue weighted by molar-refractivity contribution is 9.10. The van der Waals surface area contributed by atoms with Crippen LogP contribution in [0.2, 0.25) is 5.28 Å². The van der Waals surface area contributed by atoms with Crippen molar-refractivity contribution in [3.63, 3.8) is 0 Å². The maximum atomic E-state index is 14.3. The van der Waals surface area contributed by atoms with Crippen molar-refractivity contribution in [3.05, 3.63) is 88.5 Å². The number of oxime groups is 9. The van der Waals surface area contributed by atoms with Gasteiger partial charge in [-0.3, -0.25) is 0 Å². The summed E-state index contributed by atoms with van der Waals surface area (Å²) in [5.74, 6) is 1.19. The quantitative estimate of drug-likeness (QED) is 0.00798. The van der Waals surface area contributed by atoms with Crippen LogP contribution in [-0.2, 0) is 56.3 Å². The number of hydrogen-bond acceptors (Lipinski definition) is 39. The maximum absolute atomic E-state index is 14.3. The summed E-state index contributed by atoms with van der Waals surface area (Å²) in [6.45, 7) is 24.4. The summed E-state index contributed by atoms with van der Waals surface area (Å²) in [6, 6.07) is 0. The second-order valence-electron chi connectivity index (χ2n) is 29.3. The number of rotatable bonds is 38. The van der Waals surface area contributed by atoms with Gasteiger partial charge in [0.1, 0.15) is 116 Å². The Morgan fingerprint density at radius 2 is 0.965 bits per heavy atom. The lowest BCUT2D eigenvalue weighted by Gasteiger charge is -2.62. The van der Waals surface area contributed by atoms with Crippen LogP contribution in [-0.4, -0.2) is 254 Å². The van der Waals surface area contributed by atoms with Crippen LogP contribution in [0, 0.1) is 52.4 Å². The van der Waals surface area contributed by atoms with E-state index in [4.69, 9.17) is 77.6 Å². The molecule has 0 fully saturated rings. The summed E-state index contributed by atoms with van der Waals surface area (Å²) in [7, 11) is 0. The summed E-state index contributed by atoms with van der Waals surface area (Å²) in [6.07, 6.45) is 17.2. The van der Waals surface area contributed by atoms with E-state index in [1.165, 1.54) is 134 Å². The van der Waals surface area contributed by atoms with Gasteiger partial charge in [-0.25, -0.2) is 82.0 Å². The Hall–Kier alpha value is -10.7. The van der Waals surface area contributed by atoms with E-state index in [0.717, 1.165) is 24.9 Å². The molecule has 0 aromatic carbocycles. The molecule has 0 radical (unpaired) electrons. The molecule has 9 aromatic heterocycles. The number of aryl methyl sites for hydroxylation is 6. The summed E-state index contributed by atoms with van der Waals surface area (Å²) in [4.78, 5) is 37.6. The van der Waals surface area contributed by atoms with Crippen molar-refractivity contribution in [3.8, 4) is 0 Å². The van der Waals surface area contributed by atoms with Crippen LogP contribution in [0.3, 0.4) is 0 Å². The van der Waals surface area contributed by atoms with Gasteiger partial charge in [-0.1, -0.05) is 86.9 Å². The summed E-state index contributed by atoms with van der Waals surface area (Å²) >= 11 is 14.5. The average Bonchev–Trinajstić information content (AvgIpc) is 1.50. The van der Waals surface area contributed by atoms with Crippen LogP contribution in [0.4, 0.5) is 0 Å². The number of nitrogens with zero attached hydrogens (tertiary/aromatic N) is 36. The first kappa shape index (κ1) is 86.3. The second kappa shape index (κ2) is 33.6. The van der Waals surface area contributed by atoms with Gasteiger partial charge in [0.15, 0.2) is 5.16 Å². The normalized spacial score (nSPS) is 19.0. The van der Waals surface area contributed by atoms with E-state index in [1.807, 2.05) is 0 Å². The second-order valence-corrected chi connectivity index (χ2v) is 32.7. The van der Waals surface area contributed by atoms with E-state index in [0.29, 0.717) is 5.82 Å². The molecule has 11 unspecified atom stereocenters. The predicted octanol–water partition coefficient (Wildman–Crippen LogP) is 7.22. The van der Waals surface area contributed by atoms with Crippen molar-refractivity contribution in [1.29, 1.82) is 0 Å². The van der Waals surface area contributed by atoms with E-state index < -0.39 is 122 Å². The number of aromatic nitrogens is 27. The molecule has 0 amide bonds. The van der Waals surface area contributed by atoms with Gasteiger partial charge in [0.05, 0.1) is 66.5 Å². The lowest BCUT2D eigenvalue weighted by molar-refractivity contribution is -0.0196. The van der Waals surface area contributed by atoms with Crippen molar-refractivity contribution in [2.75, 3.05) is 18.8 Å². The zero-order valence-corrected chi connectivity index (χ0v) is 69.9. The first-order valence-electron chi connectivity index (χ1n) is 34.3. The Bertz CT molecular complexity index is 5080. The van der Waals surface area contributed by atoms with E-state index in [2.05, 4.69) is 87.3 Å². The molecule has 45 nitrogen and oxygen atoms in total. The van der Waals surface area contributed by atoms with Crippen molar-refractivity contribution in [1.82, 2.24) is 133 Å². The first-order valence-corrected chi connectivity index (χ1v) is 39.1. The maximum Gasteiger partial charge on any atom is 0.242 e. The lowest BCUT2D eigenvalue weighted by Crippen LogP contribution is -2.71. The first-order chi connectivity index (χ1) is 53.4. The fraction of sp³-hybridized carbons (Fsp3) is 0.571. The van der Waals surface area contributed by atoms with Gasteiger partial charge < -0.3 is 46.9 Å². The zero-order chi connectivity index (χ0) is 83.1. The van der Waals surface area contributed by atoms with Crippen LogP contribution in [0.5, 0.6) is 0 Å². The molecule has 0 saturated heterocycles. The molecule has 9 rings (SSSR count). The molecule has 0 aliphatic carbocycles. The standard InChI is InChI=1S/C63H90BrClN36O9S3/c1-39-67-36-95(83-39)56(10,31-75-105)26-63(27-59(13,34-78-108)98-43(5)79-40(2)84-98,60(14,45(90-109)21-53(7,28-72-102)94-38-69-50(88-94)111-16)100-46(82-49(65)87-100)22-54(8,29-73-103)97-42(4)66-35-71-97)47(91-110)61(15,93-20-19-70-92-93)62(23-55(9,30-74-104)96-37-68-48(64)86-96,24-57(11,32-76-106)99-44(6)81-51(89-99)112-17)25-58(12,33-77-107)101-52(113-18)80-41(3)85-101/h19-20,28-38,102-110H,21-27H2,1-18H3. The molecule has 608 valence electrons. The Labute approximate surface area is 672 Å². The highest BCUT2D eigenvalue weighted by atomic mass is 79.9. The predicted molar refractivity (Wildman–Crippen MR) is 416 cm³/mol. The molecule has 0 saturated carbocycles. The third kappa shape index (κ3) is 16.1. The fourth-order valence-electron chi connectivity index (χ4n) is 16.2. The van der Waals surface area contributed by atoms with Crippen LogP contribution in [0.1, 0.15) is 142 Å². The Balaban J connectivity index is 1.71. The molecule has 50 heteroatoms. The van der Waals surface area contributed by atoms with E-state index >= 15 is 0 Å². The van der Waals surface area contributed by atoms with Crippen LogP contribution in [0.25, 0.3) is 0 Å². The van der Waals surface area contributed by atoms with E-state index in [9.17, 15) is 46.9 Å². The van der Waals surface area contributed by atoms with Crippen LogP contribution < -0.4 is 0 Å². The molecule has 0 aliphatic rings. The molecule has 0 spiro atoms. The highest BCUT2D eigenvalue weighted by Gasteiger charge is 2.72. The van der Waals surface area contributed by atoms with E-state index in [1.54, 1.807) is 123 Å². The average molecular weight is 1710 g/mol. The largest absolute Gasteiger partial charge is 0.411 e. The van der Waals surface area contributed by atoms with Crippen LogP contribution >= 0.6 is 62.8 Å². The van der Waals surface area contributed by atoms with Gasteiger partial charge >= 0.3 is 0 Å². The minimum absolute atomic E-state index is 0.0519. The highest BCUT2D eigenvalue weighted by Crippen LogP contribution is 2.64. The Morgan fingerprint density at radius 3 is 1.46 bits per heavy atom. The molecule has 11 atom stereocenters. The minimum Gasteiger partial charge on any atom is -0.411 e. The smallest absolute Gasteiger partial charge is 0.242 e. The van der Waals surface area contributed by atoms with Gasteiger partial charge in [-0.05, 0) is 182 Å². The fourth-order valence-corrected chi connectivity index (χ4v) is 18.0. The molecule has 9 N–H and O–H groups in total. The monoisotopic (exact) mass is 1700 g/mol. The number of thioether (sulfide) groups is 3. The SMILES string of the molecule is CSc1ncn(C(C)(C=NO)CC(=NO)C(C)(n2nc(Cl)nc2CC(C)(C=NO)n2ncnc2C)C(CC(C)(C=NO)n2cnc(C)n2)(CC(C)(C=NO)n2nc(C)nc2C)C(=NO)C(C)(n2ccnn2)C(CC(C)(C=NO)n2cnc(Br)n2)(CC(C)(C=NO)n2nc(SC)nc2C)CC(C)(C=NO)n2nc(C)nc2SC)n1. The number of halogens is 2. The van der Waals surface area contributed by atoms with E-state index in [-0.39, 0.29) is 55.1 Å². The Morgan fingerprint density at radius 1 is 0.460 bits per heavy atom. The Kier molecular flexibility index (Phi) is 25.6. The summed E-state index contributed by atoms with van der Waals surface area (Å²) in [5, 5.41) is 192. The van der Waals surface area contributed by atoms with Gasteiger partial charge in [-0.2, -0.15) is 20.4 Å². The van der Waals surface area contributed by atoms with Crippen molar-refractivity contribution < 1.29 is 46.9 Å². The van der Waals surface area contributed by atoms with Gasteiger partial charge in [0.25, 0.3) is 0 Å². The summed E-state index contributed by atoms with van der Waals surface area (Å²) in [5.41, 5.74) is -24.7. The molecule has 9 aromatic rings. The zero-order valence-electron chi connectivity index (χ0n) is 65.1. The molecular weight excluding hydrogens is 1620 g/mol. The topological polar surface area (TPSA) is 570 Å². The minimum atomic E-state index is -2.77. The van der Waals surface area contributed by atoms with Gasteiger partial charge in [0, 0.05) is 24.5 Å². The molecule has 113 heavy (non-hydrogen) atoms. The van der Waals surface area contributed by atoms with Crippen molar-refractivity contribution in [2.24, 2.45) is 57.2 Å². The van der Waals surface area contributed by atoms with Gasteiger partial charge in [-0.15, -0.1) is 25.5 Å². The van der Waals surface area contributed by atoms with Crippen molar-refractivity contribution >= 4 is 118 Å². The molecule has 0 bridgehead atoms. The van der Waals surface area contributed by atoms with Crippen LogP contribution in [0.15, 0.2) is 104 Å². The third-order valence-electron chi connectivity index (χ3n) is 21.0. The molecule has 9 heterocycles. The lowest BCUT2D eigenvalue weighted by atomic mass is 9.46. The third-order valence-corrected chi connectivity index (χ3v) is 23.3. The number of hydrogen-bond donors (Lipinski definition) is 9. The molecule has 0 aliphatic heterocycles. The van der Waals surface area contributed by atoms with Gasteiger partial charge in [0.2, 0.25) is 20.3 Å².